The zero-order chi connectivity index (χ0) is 12.1. The second-order valence-corrected chi connectivity index (χ2v) is 4.05. The maximum atomic E-state index is 11.9. The Morgan fingerprint density at radius 2 is 1.94 bits per heavy atom. The third-order valence-corrected chi connectivity index (χ3v) is 2.97. The summed E-state index contributed by atoms with van der Waals surface area (Å²) in [6.45, 7) is 3.93. The van der Waals surface area contributed by atoms with Crippen LogP contribution >= 0.6 is 0 Å². The second kappa shape index (κ2) is 5.66. The van der Waals surface area contributed by atoms with Crippen LogP contribution in [-0.4, -0.2) is 23.9 Å². The van der Waals surface area contributed by atoms with Gasteiger partial charge in [0.1, 0.15) is 0 Å². The number of nitrogens with zero attached hydrogens (tertiary/aromatic N) is 1. The van der Waals surface area contributed by atoms with Gasteiger partial charge < -0.3 is 10.6 Å². The van der Waals surface area contributed by atoms with Gasteiger partial charge in [0.15, 0.2) is 0 Å². The van der Waals surface area contributed by atoms with Gasteiger partial charge in [-0.3, -0.25) is 4.79 Å². The number of hydrogen-bond acceptors (Lipinski definition) is 2. The summed E-state index contributed by atoms with van der Waals surface area (Å²) in [6, 6.07) is 9.63. The minimum atomic E-state index is -0.392. The lowest BCUT2D eigenvalue weighted by molar-refractivity contribution is -0.133. The van der Waals surface area contributed by atoms with Crippen LogP contribution in [0.25, 0.3) is 0 Å². The van der Waals surface area contributed by atoms with E-state index in [-0.39, 0.29) is 11.9 Å². The number of carbonyl (C=O) groups is 1. The summed E-state index contributed by atoms with van der Waals surface area (Å²) in [7, 11) is 1.80. The average Bonchev–Trinajstić information content (AvgIpc) is 2.36. The van der Waals surface area contributed by atoms with Crippen molar-refractivity contribution in [3.63, 3.8) is 0 Å². The van der Waals surface area contributed by atoms with E-state index in [1.165, 1.54) is 0 Å². The molecule has 2 N–H and O–H groups in total. The molecule has 0 saturated carbocycles. The molecule has 0 aromatic heterocycles. The van der Waals surface area contributed by atoms with Crippen molar-refractivity contribution in [2.24, 2.45) is 5.73 Å². The molecule has 0 aliphatic rings. The smallest absolute Gasteiger partial charge is 0.239 e. The van der Waals surface area contributed by atoms with Gasteiger partial charge in [-0.15, -0.1) is 0 Å². The molecule has 2 atom stereocenters. The predicted octanol–water partition coefficient (Wildman–Crippen LogP) is 1.94. The normalized spacial score (nSPS) is 14.2. The Morgan fingerprint density at radius 3 is 2.44 bits per heavy atom. The van der Waals surface area contributed by atoms with Crippen molar-refractivity contribution in [2.75, 3.05) is 7.05 Å². The predicted molar refractivity (Wildman–Crippen MR) is 65.9 cm³/mol. The zero-order valence-corrected chi connectivity index (χ0v) is 10.2. The first kappa shape index (κ1) is 12.7. The molecular weight excluding hydrogens is 200 g/mol. The topological polar surface area (TPSA) is 46.3 Å². The molecule has 0 heterocycles. The monoisotopic (exact) mass is 220 g/mol. The van der Waals surface area contributed by atoms with Crippen molar-refractivity contribution in [1.29, 1.82) is 0 Å². The van der Waals surface area contributed by atoms with Gasteiger partial charge in [0.2, 0.25) is 5.91 Å². The number of amides is 1. The molecule has 0 saturated heterocycles. The van der Waals surface area contributed by atoms with Crippen molar-refractivity contribution >= 4 is 5.91 Å². The molecule has 16 heavy (non-hydrogen) atoms. The first-order valence-electron chi connectivity index (χ1n) is 5.65. The van der Waals surface area contributed by atoms with Crippen LogP contribution in [0.3, 0.4) is 0 Å². The number of carbonyl (C=O) groups excluding carboxylic acids is 1. The van der Waals surface area contributed by atoms with E-state index in [9.17, 15) is 4.79 Å². The molecule has 0 bridgehead atoms. The summed E-state index contributed by atoms with van der Waals surface area (Å²) in [5, 5.41) is 0. The summed E-state index contributed by atoms with van der Waals surface area (Å²) in [4.78, 5) is 13.6. The Bertz CT molecular complexity index is 337. The third kappa shape index (κ3) is 2.83. The quantitative estimate of drug-likeness (QED) is 0.843. The molecule has 0 aliphatic heterocycles. The van der Waals surface area contributed by atoms with Crippen LogP contribution in [0.4, 0.5) is 0 Å². The highest BCUT2D eigenvalue weighted by molar-refractivity contribution is 5.81. The van der Waals surface area contributed by atoms with Crippen molar-refractivity contribution in [1.82, 2.24) is 4.90 Å². The van der Waals surface area contributed by atoms with E-state index in [1.807, 2.05) is 44.2 Å². The molecule has 0 aliphatic carbocycles. The summed E-state index contributed by atoms with van der Waals surface area (Å²) in [5.74, 6) is -0.00106. The lowest BCUT2D eigenvalue weighted by Gasteiger charge is -2.27. The molecule has 0 fully saturated rings. The highest BCUT2D eigenvalue weighted by atomic mass is 16.2. The minimum absolute atomic E-state index is 0.00106. The number of benzene rings is 1. The van der Waals surface area contributed by atoms with Gasteiger partial charge in [-0.2, -0.15) is 0 Å². The van der Waals surface area contributed by atoms with E-state index in [1.54, 1.807) is 11.9 Å². The van der Waals surface area contributed by atoms with E-state index in [2.05, 4.69) is 0 Å². The fraction of sp³-hybridized carbons (Fsp3) is 0.462. The molecule has 0 spiro atoms. The first-order valence-corrected chi connectivity index (χ1v) is 5.65. The van der Waals surface area contributed by atoms with E-state index < -0.39 is 6.04 Å². The van der Waals surface area contributed by atoms with E-state index >= 15 is 0 Å². The van der Waals surface area contributed by atoms with Gasteiger partial charge in [0.05, 0.1) is 12.1 Å². The zero-order valence-electron chi connectivity index (χ0n) is 10.2. The molecular formula is C13H20N2O. The maximum Gasteiger partial charge on any atom is 0.239 e. The number of likely N-dealkylation sites (N-methyl/N-ethyl adjacent to an activating group) is 1. The van der Waals surface area contributed by atoms with E-state index in [0.29, 0.717) is 6.42 Å². The second-order valence-electron chi connectivity index (χ2n) is 4.05. The molecule has 1 aromatic carbocycles. The Labute approximate surface area is 97.2 Å². The number of nitrogens with two attached hydrogens (primary N) is 1. The highest BCUT2D eigenvalue weighted by Gasteiger charge is 2.21. The van der Waals surface area contributed by atoms with Crippen molar-refractivity contribution in [3.05, 3.63) is 35.9 Å². The number of hydrogen-bond donors (Lipinski definition) is 1. The lowest BCUT2D eigenvalue weighted by atomic mass is 10.1. The first-order chi connectivity index (χ1) is 7.57. The molecule has 3 nitrogen and oxygen atoms in total. The third-order valence-electron chi connectivity index (χ3n) is 2.97. The Morgan fingerprint density at radius 1 is 1.38 bits per heavy atom. The molecule has 0 radical (unpaired) electrons. The molecule has 1 unspecified atom stereocenters. The van der Waals surface area contributed by atoms with Crippen LogP contribution < -0.4 is 5.73 Å². The number of rotatable bonds is 4. The van der Waals surface area contributed by atoms with Gasteiger partial charge in [-0.05, 0) is 18.9 Å². The van der Waals surface area contributed by atoms with Gasteiger partial charge in [0, 0.05) is 7.05 Å². The molecule has 88 valence electrons. The van der Waals surface area contributed by atoms with Crippen LogP contribution in [-0.2, 0) is 4.79 Å². The van der Waals surface area contributed by atoms with Gasteiger partial charge in [-0.25, -0.2) is 0 Å². The fourth-order valence-corrected chi connectivity index (χ4v) is 1.58. The minimum Gasteiger partial charge on any atom is -0.338 e. The van der Waals surface area contributed by atoms with E-state index in [0.717, 1.165) is 5.56 Å². The fourth-order valence-electron chi connectivity index (χ4n) is 1.58. The van der Waals surface area contributed by atoms with Crippen molar-refractivity contribution in [3.8, 4) is 0 Å². The summed E-state index contributed by atoms with van der Waals surface area (Å²) < 4.78 is 0. The largest absolute Gasteiger partial charge is 0.338 e. The standard InChI is InChI=1S/C13H20N2O/c1-4-12(14)13(16)15(3)10(2)11-8-6-5-7-9-11/h5-10,12H,4,14H2,1-3H3/t10?,12-/m0/s1. The Balaban J connectivity index is 2.75. The van der Waals surface area contributed by atoms with Gasteiger partial charge in [-0.1, -0.05) is 37.3 Å². The molecule has 1 rings (SSSR count). The van der Waals surface area contributed by atoms with E-state index in [4.69, 9.17) is 5.73 Å². The van der Waals surface area contributed by atoms with Crippen molar-refractivity contribution in [2.45, 2.75) is 32.4 Å². The van der Waals surface area contributed by atoms with Crippen LogP contribution in [0.5, 0.6) is 0 Å². The lowest BCUT2D eigenvalue weighted by Crippen LogP contribution is -2.42. The molecule has 1 aromatic rings. The highest BCUT2D eigenvalue weighted by Crippen LogP contribution is 2.18. The summed E-state index contributed by atoms with van der Waals surface area (Å²) in [6.07, 6.45) is 0.671. The summed E-state index contributed by atoms with van der Waals surface area (Å²) in [5.41, 5.74) is 6.87. The Kier molecular flexibility index (Phi) is 4.50. The molecule has 1 amide bonds. The SMILES string of the molecule is CC[C@H](N)C(=O)N(C)C(C)c1ccccc1. The van der Waals surface area contributed by atoms with Crippen LogP contribution in [0, 0.1) is 0 Å². The van der Waals surface area contributed by atoms with Crippen LogP contribution in [0.2, 0.25) is 0 Å². The van der Waals surface area contributed by atoms with Crippen LogP contribution in [0.15, 0.2) is 30.3 Å². The average molecular weight is 220 g/mol. The van der Waals surface area contributed by atoms with Crippen LogP contribution in [0.1, 0.15) is 31.9 Å². The Hall–Kier alpha value is -1.35. The van der Waals surface area contributed by atoms with Gasteiger partial charge >= 0.3 is 0 Å². The van der Waals surface area contributed by atoms with Gasteiger partial charge in [0.25, 0.3) is 0 Å². The maximum absolute atomic E-state index is 11.9. The van der Waals surface area contributed by atoms with Crippen molar-refractivity contribution < 1.29 is 4.79 Å². The molecule has 3 heteroatoms. The summed E-state index contributed by atoms with van der Waals surface area (Å²) >= 11 is 0.